The summed E-state index contributed by atoms with van der Waals surface area (Å²) in [4.78, 5) is 10.6. The first-order chi connectivity index (χ1) is 11.6. The first-order valence-electron chi connectivity index (χ1n) is 9.33. The zero-order valence-electron chi connectivity index (χ0n) is 15.6. The van der Waals surface area contributed by atoms with Crippen LogP contribution in [0.15, 0.2) is 12.7 Å². The summed E-state index contributed by atoms with van der Waals surface area (Å²) < 4.78 is 0. The second-order valence-corrected chi connectivity index (χ2v) is 8.45. The molecule has 6 heteroatoms. The maximum Gasteiger partial charge on any atom is 0.0370 e. The predicted molar refractivity (Wildman–Crippen MR) is 114 cm³/mol. The smallest absolute Gasteiger partial charge is 0.0370 e. The lowest BCUT2D eigenvalue weighted by Gasteiger charge is -2.34. The molecular formula is C18H36Br2N4. The van der Waals surface area contributed by atoms with Crippen molar-refractivity contribution in [1.29, 1.82) is 0 Å². The molecule has 0 spiro atoms. The quantitative estimate of drug-likeness (QED) is 0.421. The summed E-state index contributed by atoms with van der Waals surface area (Å²) in [5.74, 6) is 0. The Morgan fingerprint density at radius 3 is 1.62 bits per heavy atom. The summed E-state index contributed by atoms with van der Waals surface area (Å²) in [5, 5.41) is 1.04. The highest BCUT2D eigenvalue weighted by Gasteiger charge is 2.17. The van der Waals surface area contributed by atoms with E-state index in [9.17, 15) is 0 Å². The Kier molecular flexibility index (Phi) is 12.9. The van der Waals surface area contributed by atoms with Gasteiger partial charge >= 0.3 is 0 Å². The molecule has 0 amide bonds. The summed E-state index contributed by atoms with van der Waals surface area (Å²) in [7, 11) is 0. The molecule has 2 aliphatic rings. The molecule has 0 bridgehead atoms. The van der Waals surface area contributed by atoms with E-state index in [0.717, 1.165) is 11.9 Å². The molecule has 142 valence electrons. The number of hydrogen-bond donors (Lipinski definition) is 0. The van der Waals surface area contributed by atoms with Gasteiger partial charge in [-0.3, -0.25) is 9.80 Å². The Hall–Kier alpha value is 0.540. The molecule has 24 heavy (non-hydrogen) atoms. The maximum atomic E-state index is 3.74. The monoisotopic (exact) mass is 466 g/mol. The van der Waals surface area contributed by atoms with E-state index < -0.39 is 0 Å². The summed E-state index contributed by atoms with van der Waals surface area (Å²) >= 11 is 7.13. The molecule has 2 heterocycles. The molecule has 2 rings (SSSR count). The lowest BCUT2D eigenvalue weighted by Crippen LogP contribution is -2.47. The van der Waals surface area contributed by atoms with Gasteiger partial charge in [-0.25, -0.2) is 0 Å². The molecule has 2 fully saturated rings. The third-order valence-electron chi connectivity index (χ3n) is 4.84. The standard InChI is InChI=1S/C9H18Br2N2.C9H18N2/c1-2-12-3-5-13(6-4-12)8-9(11)7-10;1-3-5-11-8-6-10(4-2)7-9-11/h9H,2-8H2,1H3;3H,1,4-9H2,2H3. The molecule has 0 radical (unpaired) electrons. The molecular weight excluding hydrogens is 432 g/mol. The second-order valence-electron chi connectivity index (χ2n) is 6.51. The molecule has 0 aromatic rings. The SMILES string of the molecule is C=CCN1CCN(CC)CC1.CCN1CCN(CC(Br)CBr)CC1. The first kappa shape index (κ1) is 22.6. The fraction of sp³-hybridized carbons (Fsp3) is 0.889. The lowest BCUT2D eigenvalue weighted by atomic mass is 10.3. The average molecular weight is 468 g/mol. The number of hydrogen-bond acceptors (Lipinski definition) is 4. The van der Waals surface area contributed by atoms with E-state index in [2.05, 4.69) is 71.9 Å². The Labute approximate surface area is 166 Å². The van der Waals surface area contributed by atoms with Crippen LogP contribution in [0.4, 0.5) is 0 Å². The molecule has 1 atom stereocenters. The molecule has 4 nitrogen and oxygen atoms in total. The normalized spacial score (nSPS) is 22.7. The van der Waals surface area contributed by atoms with Crippen molar-refractivity contribution in [2.45, 2.75) is 18.7 Å². The summed E-state index contributed by atoms with van der Waals surface area (Å²) in [6.45, 7) is 22.6. The zero-order valence-corrected chi connectivity index (χ0v) is 18.8. The number of rotatable bonds is 7. The Balaban J connectivity index is 0.000000243. The van der Waals surface area contributed by atoms with E-state index in [1.807, 2.05) is 6.08 Å². The van der Waals surface area contributed by atoms with Gasteiger partial charge in [0.2, 0.25) is 0 Å². The molecule has 1 unspecified atom stereocenters. The van der Waals surface area contributed by atoms with Crippen molar-refractivity contribution in [3.63, 3.8) is 0 Å². The van der Waals surface area contributed by atoms with Gasteiger partial charge in [0.1, 0.15) is 0 Å². The first-order valence-corrected chi connectivity index (χ1v) is 11.4. The lowest BCUT2D eigenvalue weighted by molar-refractivity contribution is 0.139. The van der Waals surface area contributed by atoms with E-state index in [1.54, 1.807) is 0 Å². The number of likely N-dealkylation sites (N-methyl/N-ethyl adjacent to an activating group) is 2. The average Bonchev–Trinajstić information content (AvgIpc) is 2.63. The van der Waals surface area contributed by atoms with Crippen molar-refractivity contribution in [2.24, 2.45) is 0 Å². The summed E-state index contributed by atoms with van der Waals surface area (Å²) in [6, 6.07) is 0. The Morgan fingerprint density at radius 1 is 0.833 bits per heavy atom. The Bertz CT molecular complexity index is 314. The third kappa shape index (κ3) is 9.30. The van der Waals surface area contributed by atoms with Crippen molar-refractivity contribution in [3.8, 4) is 0 Å². The van der Waals surface area contributed by atoms with Crippen LogP contribution in [0.5, 0.6) is 0 Å². The van der Waals surface area contributed by atoms with Crippen molar-refractivity contribution >= 4 is 31.9 Å². The second kappa shape index (κ2) is 13.7. The molecule has 2 saturated heterocycles. The maximum absolute atomic E-state index is 3.74. The van der Waals surface area contributed by atoms with Crippen LogP contribution in [0.25, 0.3) is 0 Å². The zero-order chi connectivity index (χ0) is 17.8. The molecule has 0 saturated carbocycles. The van der Waals surface area contributed by atoms with Gasteiger partial charge in [-0.05, 0) is 13.1 Å². The fourth-order valence-electron chi connectivity index (χ4n) is 3.09. The fourth-order valence-corrected chi connectivity index (χ4v) is 3.70. The number of piperazine rings is 2. The number of nitrogens with zero attached hydrogens (tertiary/aromatic N) is 4. The minimum absolute atomic E-state index is 0.598. The highest BCUT2D eigenvalue weighted by Crippen LogP contribution is 2.08. The third-order valence-corrected chi connectivity index (χ3v) is 7.10. The van der Waals surface area contributed by atoms with Crippen molar-refractivity contribution in [2.75, 3.05) is 83.9 Å². The van der Waals surface area contributed by atoms with Crippen LogP contribution in [0, 0.1) is 0 Å². The Morgan fingerprint density at radius 2 is 1.25 bits per heavy atom. The van der Waals surface area contributed by atoms with E-state index in [4.69, 9.17) is 0 Å². The topological polar surface area (TPSA) is 13.0 Å². The van der Waals surface area contributed by atoms with Crippen LogP contribution >= 0.6 is 31.9 Å². The predicted octanol–water partition coefficient (Wildman–Crippen LogP) is 2.59. The van der Waals surface area contributed by atoms with Gasteiger partial charge < -0.3 is 9.80 Å². The van der Waals surface area contributed by atoms with Gasteiger partial charge in [0.15, 0.2) is 0 Å². The number of halogens is 2. The minimum Gasteiger partial charge on any atom is -0.301 e. The molecule has 0 aliphatic carbocycles. The van der Waals surface area contributed by atoms with E-state index in [0.29, 0.717) is 4.83 Å². The van der Waals surface area contributed by atoms with Crippen LogP contribution in [-0.4, -0.2) is 108 Å². The number of alkyl halides is 2. The van der Waals surface area contributed by atoms with Crippen molar-refractivity contribution < 1.29 is 0 Å². The van der Waals surface area contributed by atoms with Gasteiger partial charge in [-0.1, -0.05) is 51.8 Å². The van der Waals surface area contributed by atoms with Crippen LogP contribution in [-0.2, 0) is 0 Å². The van der Waals surface area contributed by atoms with Crippen molar-refractivity contribution in [3.05, 3.63) is 12.7 Å². The van der Waals surface area contributed by atoms with E-state index >= 15 is 0 Å². The molecule has 0 aromatic heterocycles. The van der Waals surface area contributed by atoms with Gasteiger partial charge in [0, 0.05) is 75.6 Å². The van der Waals surface area contributed by atoms with E-state index in [1.165, 1.54) is 72.0 Å². The van der Waals surface area contributed by atoms with Gasteiger partial charge in [0.25, 0.3) is 0 Å². The van der Waals surface area contributed by atoms with Gasteiger partial charge in [-0.15, -0.1) is 6.58 Å². The highest BCUT2D eigenvalue weighted by molar-refractivity contribution is 9.12. The van der Waals surface area contributed by atoms with Crippen LogP contribution in [0.2, 0.25) is 0 Å². The largest absolute Gasteiger partial charge is 0.301 e. The van der Waals surface area contributed by atoms with Crippen LogP contribution in [0.3, 0.4) is 0 Å². The highest BCUT2D eigenvalue weighted by atomic mass is 79.9. The van der Waals surface area contributed by atoms with E-state index in [-0.39, 0.29) is 0 Å². The van der Waals surface area contributed by atoms with Crippen LogP contribution in [0.1, 0.15) is 13.8 Å². The molecule has 0 N–H and O–H groups in total. The summed E-state index contributed by atoms with van der Waals surface area (Å²) in [6.07, 6.45) is 1.99. The molecule has 2 aliphatic heterocycles. The molecule has 0 aromatic carbocycles. The summed E-state index contributed by atoms with van der Waals surface area (Å²) in [5.41, 5.74) is 0. The van der Waals surface area contributed by atoms with Gasteiger partial charge in [0.05, 0.1) is 0 Å². The van der Waals surface area contributed by atoms with Crippen molar-refractivity contribution in [1.82, 2.24) is 19.6 Å². The van der Waals surface area contributed by atoms with Crippen LogP contribution < -0.4 is 0 Å². The minimum atomic E-state index is 0.598. The van der Waals surface area contributed by atoms with Gasteiger partial charge in [-0.2, -0.15) is 0 Å².